The summed E-state index contributed by atoms with van der Waals surface area (Å²) >= 11 is 0. The smallest absolute Gasteiger partial charge is 0.320 e. The fraction of sp³-hybridized carbons (Fsp3) is 0.938. The molecule has 0 bridgehead atoms. The van der Waals surface area contributed by atoms with Gasteiger partial charge in [-0.15, -0.1) is 0 Å². The van der Waals surface area contributed by atoms with E-state index in [4.69, 9.17) is 5.11 Å². The van der Waals surface area contributed by atoms with Crippen molar-refractivity contribution >= 4 is 5.97 Å². The molecule has 0 aliphatic rings. The summed E-state index contributed by atoms with van der Waals surface area (Å²) in [6, 6.07) is -0.371. The molecule has 3 nitrogen and oxygen atoms in total. The summed E-state index contributed by atoms with van der Waals surface area (Å²) in [6.07, 6.45) is 11.0. The first-order valence-electron chi connectivity index (χ1n) is 8.04. The quantitative estimate of drug-likeness (QED) is 0.493. The molecule has 0 saturated carbocycles. The molecule has 19 heavy (non-hydrogen) atoms. The highest BCUT2D eigenvalue weighted by atomic mass is 16.4. The van der Waals surface area contributed by atoms with E-state index in [1.807, 2.05) is 0 Å². The lowest BCUT2D eigenvalue weighted by molar-refractivity contribution is -0.139. The number of carbonyl (C=O) groups is 1. The largest absolute Gasteiger partial charge is 0.480 e. The van der Waals surface area contributed by atoms with Crippen LogP contribution in [0.5, 0.6) is 0 Å². The van der Waals surface area contributed by atoms with E-state index in [1.54, 1.807) is 0 Å². The third-order valence-corrected chi connectivity index (χ3v) is 3.43. The number of carboxylic acid groups (broad SMARTS) is 1. The maximum absolute atomic E-state index is 11.0. The Morgan fingerprint density at radius 3 is 2.00 bits per heavy atom. The second-order valence-corrected chi connectivity index (χ2v) is 5.95. The molecule has 0 rings (SSSR count). The van der Waals surface area contributed by atoms with Gasteiger partial charge in [0.05, 0.1) is 0 Å². The lowest BCUT2D eigenvalue weighted by Gasteiger charge is -2.16. The maximum atomic E-state index is 11.0. The Morgan fingerprint density at radius 2 is 1.53 bits per heavy atom. The lowest BCUT2D eigenvalue weighted by Crippen LogP contribution is -2.38. The Morgan fingerprint density at radius 1 is 1.00 bits per heavy atom. The van der Waals surface area contributed by atoms with E-state index >= 15 is 0 Å². The summed E-state index contributed by atoms with van der Waals surface area (Å²) in [7, 11) is 0. The predicted molar refractivity (Wildman–Crippen MR) is 81.5 cm³/mol. The number of hydrogen-bond acceptors (Lipinski definition) is 2. The Labute approximate surface area is 119 Å². The molecular weight excluding hydrogens is 238 g/mol. The van der Waals surface area contributed by atoms with Gasteiger partial charge in [-0.05, 0) is 25.3 Å². The molecule has 114 valence electrons. The molecule has 0 saturated heterocycles. The van der Waals surface area contributed by atoms with Crippen molar-refractivity contribution in [2.45, 2.75) is 84.6 Å². The van der Waals surface area contributed by atoms with Gasteiger partial charge < -0.3 is 10.4 Å². The summed E-state index contributed by atoms with van der Waals surface area (Å²) < 4.78 is 0. The van der Waals surface area contributed by atoms with Crippen LogP contribution in [0.2, 0.25) is 0 Å². The summed E-state index contributed by atoms with van der Waals surface area (Å²) in [5.41, 5.74) is 0. The molecule has 0 aromatic rings. The fourth-order valence-electron chi connectivity index (χ4n) is 2.28. The van der Waals surface area contributed by atoms with Gasteiger partial charge in [-0.3, -0.25) is 4.79 Å². The van der Waals surface area contributed by atoms with Gasteiger partial charge in [-0.2, -0.15) is 0 Å². The van der Waals surface area contributed by atoms with Crippen molar-refractivity contribution in [1.29, 1.82) is 0 Å². The number of hydrogen-bond donors (Lipinski definition) is 2. The summed E-state index contributed by atoms with van der Waals surface area (Å²) in [4.78, 5) is 11.0. The summed E-state index contributed by atoms with van der Waals surface area (Å²) in [6.45, 7) is 7.20. The Bertz CT molecular complexity index is 217. The first kappa shape index (κ1) is 18.4. The minimum atomic E-state index is -0.715. The van der Waals surface area contributed by atoms with Crippen LogP contribution >= 0.6 is 0 Å². The molecule has 0 unspecified atom stereocenters. The highest BCUT2D eigenvalue weighted by molar-refractivity contribution is 5.73. The molecule has 0 aliphatic heterocycles. The highest BCUT2D eigenvalue weighted by Gasteiger charge is 2.17. The van der Waals surface area contributed by atoms with Gasteiger partial charge in [0.15, 0.2) is 0 Å². The predicted octanol–water partition coefficient (Wildman–Crippen LogP) is 4.22. The van der Waals surface area contributed by atoms with Gasteiger partial charge >= 0.3 is 5.97 Å². The van der Waals surface area contributed by atoms with Crippen LogP contribution in [0.25, 0.3) is 0 Å². The van der Waals surface area contributed by atoms with E-state index in [9.17, 15) is 4.79 Å². The lowest BCUT2D eigenvalue weighted by atomic mass is 10.0. The second kappa shape index (κ2) is 12.5. The second-order valence-electron chi connectivity index (χ2n) is 5.95. The third-order valence-electron chi connectivity index (χ3n) is 3.43. The standard InChI is InChI=1S/C16H33NO2/c1-4-5-6-7-8-9-10-11-12-17-15(16(18)19)13-14(2)3/h14-15,17H,4-13H2,1-3H3,(H,18,19)/t15-/m1/s1. The SMILES string of the molecule is CCCCCCCCCCN[C@H](CC(C)C)C(=O)O. The van der Waals surface area contributed by atoms with E-state index in [0.717, 1.165) is 13.0 Å². The van der Waals surface area contributed by atoms with Gasteiger partial charge in [0, 0.05) is 0 Å². The molecule has 0 aromatic heterocycles. The van der Waals surface area contributed by atoms with Crippen molar-refractivity contribution in [3.63, 3.8) is 0 Å². The van der Waals surface area contributed by atoms with Crippen molar-refractivity contribution in [2.75, 3.05) is 6.54 Å². The molecule has 0 radical (unpaired) electrons. The number of unbranched alkanes of at least 4 members (excludes halogenated alkanes) is 7. The minimum Gasteiger partial charge on any atom is -0.480 e. The minimum absolute atomic E-state index is 0.371. The van der Waals surface area contributed by atoms with Gasteiger partial charge in [-0.25, -0.2) is 0 Å². The van der Waals surface area contributed by atoms with Crippen molar-refractivity contribution < 1.29 is 9.90 Å². The maximum Gasteiger partial charge on any atom is 0.320 e. The topological polar surface area (TPSA) is 49.3 Å². The van der Waals surface area contributed by atoms with E-state index in [-0.39, 0.29) is 6.04 Å². The van der Waals surface area contributed by atoms with Gasteiger partial charge in [0.1, 0.15) is 6.04 Å². The number of carboxylic acids is 1. The molecule has 0 spiro atoms. The summed E-state index contributed by atoms with van der Waals surface area (Å²) in [5, 5.41) is 12.2. The van der Waals surface area contributed by atoms with Crippen LogP contribution in [-0.2, 0) is 4.79 Å². The zero-order valence-electron chi connectivity index (χ0n) is 13.1. The van der Waals surface area contributed by atoms with E-state index in [0.29, 0.717) is 12.3 Å². The van der Waals surface area contributed by atoms with Crippen LogP contribution in [0.1, 0.15) is 78.6 Å². The molecule has 1 atom stereocenters. The average molecular weight is 271 g/mol. The summed E-state index contributed by atoms with van der Waals surface area (Å²) in [5.74, 6) is -0.291. The van der Waals surface area contributed by atoms with Crippen LogP contribution in [0, 0.1) is 5.92 Å². The van der Waals surface area contributed by atoms with Gasteiger partial charge in [0.25, 0.3) is 0 Å². The zero-order valence-corrected chi connectivity index (χ0v) is 13.1. The molecule has 0 aromatic carbocycles. The molecule has 0 amide bonds. The Balaban J connectivity index is 3.42. The van der Waals surface area contributed by atoms with E-state index in [2.05, 4.69) is 26.1 Å². The molecule has 0 heterocycles. The van der Waals surface area contributed by atoms with Crippen LogP contribution in [0.15, 0.2) is 0 Å². The molecule has 2 N–H and O–H groups in total. The van der Waals surface area contributed by atoms with Crippen LogP contribution in [-0.4, -0.2) is 23.7 Å². The van der Waals surface area contributed by atoms with Crippen LogP contribution < -0.4 is 5.32 Å². The van der Waals surface area contributed by atoms with Gasteiger partial charge in [0.2, 0.25) is 0 Å². The van der Waals surface area contributed by atoms with Crippen molar-refractivity contribution in [2.24, 2.45) is 5.92 Å². The van der Waals surface area contributed by atoms with E-state index in [1.165, 1.54) is 44.9 Å². The molecular formula is C16H33NO2. The average Bonchev–Trinajstić information content (AvgIpc) is 2.34. The zero-order chi connectivity index (χ0) is 14.5. The van der Waals surface area contributed by atoms with E-state index < -0.39 is 5.97 Å². The molecule has 0 aliphatic carbocycles. The van der Waals surface area contributed by atoms with Crippen molar-refractivity contribution in [3.8, 4) is 0 Å². The number of aliphatic carboxylic acids is 1. The fourth-order valence-corrected chi connectivity index (χ4v) is 2.28. The van der Waals surface area contributed by atoms with Crippen molar-refractivity contribution in [1.82, 2.24) is 5.32 Å². The van der Waals surface area contributed by atoms with Crippen LogP contribution in [0.3, 0.4) is 0 Å². The first-order chi connectivity index (χ1) is 9.07. The molecule has 0 fully saturated rings. The normalized spacial score (nSPS) is 12.8. The highest BCUT2D eigenvalue weighted by Crippen LogP contribution is 2.09. The third kappa shape index (κ3) is 12.2. The Hall–Kier alpha value is -0.570. The number of nitrogens with one attached hydrogen (secondary N) is 1. The molecule has 3 heteroatoms. The van der Waals surface area contributed by atoms with Gasteiger partial charge in [-0.1, -0.05) is 65.7 Å². The first-order valence-corrected chi connectivity index (χ1v) is 8.04. The van der Waals surface area contributed by atoms with Crippen LogP contribution in [0.4, 0.5) is 0 Å². The Kier molecular flexibility index (Phi) is 12.1. The monoisotopic (exact) mass is 271 g/mol. The van der Waals surface area contributed by atoms with Crippen molar-refractivity contribution in [3.05, 3.63) is 0 Å². The number of rotatable bonds is 13.